The first-order chi connectivity index (χ1) is 11.5. The van der Waals surface area contributed by atoms with Crippen LogP contribution in [0.25, 0.3) is 6.08 Å². The van der Waals surface area contributed by atoms with E-state index in [2.05, 4.69) is 12.2 Å². The Morgan fingerprint density at radius 1 is 1.25 bits per heavy atom. The molecule has 1 N–H and O–H groups in total. The minimum absolute atomic E-state index is 0.0322. The fraction of sp³-hybridized carbons (Fsp3) is 0.550. The standard InChI is InChI=1S/C20H29NO3/c1-14(2)24-18-11-9-16(13-19(18)23-4)10-12-20(22)21-17-8-6-5-7-15(17)3/h9-15,17H,5-8H2,1-4H3,(H,21,22)/b12-10+. The van der Waals surface area contributed by atoms with Gasteiger partial charge in [-0.05, 0) is 56.4 Å². The van der Waals surface area contributed by atoms with Gasteiger partial charge in [-0.1, -0.05) is 25.8 Å². The molecule has 2 atom stereocenters. The quantitative estimate of drug-likeness (QED) is 0.795. The molecule has 1 saturated carbocycles. The van der Waals surface area contributed by atoms with Crippen molar-refractivity contribution in [2.45, 2.75) is 58.6 Å². The van der Waals surface area contributed by atoms with Gasteiger partial charge in [-0.15, -0.1) is 0 Å². The van der Waals surface area contributed by atoms with Gasteiger partial charge in [-0.3, -0.25) is 4.79 Å². The van der Waals surface area contributed by atoms with E-state index in [1.54, 1.807) is 13.2 Å². The lowest BCUT2D eigenvalue weighted by Gasteiger charge is -2.29. The Labute approximate surface area is 145 Å². The van der Waals surface area contributed by atoms with Gasteiger partial charge in [0, 0.05) is 12.1 Å². The zero-order valence-corrected chi connectivity index (χ0v) is 15.2. The number of nitrogens with one attached hydrogen (secondary N) is 1. The van der Waals surface area contributed by atoms with E-state index in [9.17, 15) is 4.79 Å². The van der Waals surface area contributed by atoms with E-state index in [0.717, 1.165) is 12.0 Å². The van der Waals surface area contributed by atoms with Crippen molar-refractivity contribution < 1.29 is 14.3 Å². The minimum Gasteiger partial charge on any atom is -0.493 e. The number of ether oxygens (including phenoxy) is 2. The number of rotatable bonds is 6. The Morgan fingerprint density at radius 2 is 2.00 bits per heavy atom. The number of hydrogen-bond acceptors (Lipinski definition) is 3. The zero-order valence-electron chi connectivity index (χ0n) is 15.2. The summed E-state index contributed by atoms with van der Waals surface area (Å²) in [6.45, 7) is 6.17. The smallest absolute Gasteiger partial charge is 0.244 e. The van der Waals surface area contributed by atoms with E-state index < -0.39 is 0 Å². The van der Waals surface area contributed by atoms with Gasteiger partial charge in [-0.25, -0.2) is 0 Å². The number of benzene rings is 1. The van der Waals surface area contributed by atoms with Crippen molar-refractivity contribution in [1.29, 1.82) is 0 Å². The van der Waals surface area contributed by atoms with Gasteiger partial charge in [0.05, 0.1) is 13.2 Å². The van der Waals surface area contributed by atoms with Gasteiger partial charge in [0.15, 0.2) is 11.5 Å². The summed E-state index contributed by atoms with van der Waals surface area (Å²) in [4.78, 5) is 12.1. The van der Waals surface area contributed by atoms with Crippen molar-refractivity contribution in [3.8, 4) is 11.5 Å². The van der Waals surface area contributed by atoms with Crippen molar-refractivity contribution in [3.63, 3.8) is 0 Å². The molecule has 0 bridgehead atoms. The van der Waals surface area contributed by atoms with Gasteiger partial charge in [0.2, 0.25) is 5.91 Å². The molecule has 0 heterocycles. The molecule has 4 nitrogen and oxygen atoms in total. The van der Waals surface area contributed by atoms with Crippen LogP contribution in [-0.2, 0) is 4.79 Å². The summed E-state index contributed by atoms with van der Waals surface area (Å²) in [5.41, 5.74) is 0.912. The summed E-state index contributed by atoms with van der Waals surface area (Å²) in [5.74, 6) is 1.91. The molecule has 132 valence electrons. The highest BCUT2D eigenvalue weighted by molar-refractivity contribution is 5.92. The monoisotopic (exact) mass is 331 g/mol. The van der Waals surface area contributed by atoms with Crippen molar-refractivity contribution >= 4 is 12.0 Å². The van der Waals surface area contributed by atoms with E-state index in [-0.39, 0.29) is 12.0 Å². The highest BCUT2D eigenvalue weighted by Crippen LogP contribution is 2.29. The molecular weight excluding hydrogens is 302 g/mol. The third-order valence-corrected chi connectivity index (χ3v) is 4.42. The van der Waals surface area contributed by atoms with Crippen LogP contribution in [0.3, 0.4) is 0 Å². The Bertz CT molecular complexity index is 580. The molecule has 1 aliphatic carbocycles. The van der Waals surface area contributed by atoms with Crippen LogP contribution in [0.4, 0.5) is 0 Å². The zero-order chi connectivity index (χ0) is 17.5. The van der Waals surface area contributed by atoms with Crippen LogP contribution in [0, 0.1) is 5.92 Å². The molecule has 1 aromatic carbocycles. The summed E-state index contributed by atoms with van der Waals surface area (Å²) in [7, 11) is 1.62. The second-order valence-corrected chi connectivity index (χ2v) is 6.79. The normalized spacial score (nSPS) is 21.0. The molecular formula is C20H29NO3. The Hall–Kier alpha value is -1.97. The lowest BCUT2D eigenvalue weighted by molar-refractivity contribution is -0.117. The third kappa shape index (κ3) is 5.29. The highest BCUT2D eigenvalue weighted by atomic mass is 16.5. The lowest BCUT2D eigenvalue weighted by Crippen LogP contribution is -2.40. The first-order valence-electron chi connectivity index (χ1n) is 8.83. The van der Waals surface area contributed by atoms with Gasteiger partial charge in [0.1, 0.15) is 0 Å². The molecule has 2 unspecified atom stereocenters. The van der Waals surface area contributed by atoms with Crippen molar-refractivity contribution in [2.24, 2.45) is 5.92 Å². The lowest BCUT2D eigenvalue weighted by atomic mass is 9.86. The number of carbonyl (C=O) groups is 1. The largest absolute Gasteiger partial charge is 0.493 e. The summed E-state index contributed by atoms with van der Waals surface area (Å²) in [6, 6.07) is 5.98. The Balaban J connectivity index is 1.98. The topological polar surface area (TPSA) is 47.6 Å². The molecule has 24 heavy (non-hydrogen) atoms. The van der Waals surface area contributed by atoms with Crippen molar-refractivity contribution in [3.05, 3.63) is 29.8 Å². The van der Waals surface area contributed by atoms with Gasteiger partial charge < -0.3 is 14.8 Å². The molecule has 1 fully saturated rings. The average Bonchev–Trinajstić information content (AvgIpc) is 2.55. The molecule has 2 rings (SSSR count). The number of carbonyl (C=O) groups excluding carboxylic acids is 1. The van der Waals surface area contributed by atoms with Crippen LogP contribution in [0.1, 0.15) is 52.0 Å². The van der Waals surface area contributed by atoms with Gasteiger partial charge in [-0.2, -0.15) is 0 Å². The van der Waals surface area contributed by atoms with Crippen LogP contribution < -0.4 is 14.8 Å². The molecule has 0 spiro atoms. The molecule has 4 heteroatoms. The predicted octanol–water partition coefficient (Wildman–Crippen LogP) is 4.19. The summed E-state index contributed by atoms with van der Waals surface area (Å²) in [5, 5.41) is 3.12. The second kappa shape index (κ2) is 8.76. The molecule has 0 saturated heterocycles. The number of amides is 1. The van der Waals surface area contributed by atoms with Gasteiger partial charge >= 0.3 is 0 Å². The highest BCUT2D eigenvalue weighted by Gasteiger charge is 2.21. The molecule has 0 aromatic heterocycles. The van der Waals surface area contributed by atoms with E-state index >= 15 is 0 Å². The first kappa shape index (κ1) is 18.4. The SMILES string of the molecule is COc1cc(/C=C/C(=O)NC2CCCCC2C)ccc1OC(C)C. The second-order valence-electron chi connectivity index (χ2n) is 6.79. The summed E-state index contributed by atoms with van der Waals surface area (Å²) < 4.78 is 11.1. The fourth-order valence-corrected chi connectivity index (χ4v) is 3.07. The molecule has 1 amide bonds. The van der Waals surface area contributed by atoms with E-state index in [0.29, 0.717) is 23.5 Å². The molecule has 0 aliphatic heterocycles. The van der Waals surface area contributed by atoms with Gasteiger partial charge in [0.25, 0.3) is 0 Å². The maximum Gasteiger partial charge on any atom is 0.244 e. The number of methoxy groups -OCH3 is 1. The third-order valence-electron chi connectivity index (χ3n) is 4.42. The van der Waals surface area contributed by atoms with Crippen LogP contribution >= 0.6 is 0 Å². The molecule has 1 aliphatic rings. The summed E-state index contributed by atoms with van der Waals surface area (Å²) in [6.07, 6.45) is 8.24. The maximum atomic E-state index is 12.1. The van der Waals surface area contributed by atoms with Crippen LogP contribution in [0.5, 0.6) is 11.5 Å². The summed E-state index contributed by atoms with van der Waals surface area (Å²) >= 11 is 0. The minimum atomic E-state index is -0.0322. The van der Waals surface area contributed by atoms with Crippen LogP contribution in [-0.4, -0.2) is 25.2 Å². The average molecular weight is 331 g/mol. The van der Waals surface area contributed by atoms with Crippen molar-refractivity contribution in [2.75, 3.05) is 7.11 Å². The van der Waals surface area contributed by atoms with Crippen molar-refractivity contribution in [1.82, 2.24) is 5.32 Å². The first-order valence-corrected chi connectivity index (χ1v) is 8.83. The predicted molar refractivity (Wildman–Crippen MR) is 97.4 cm³/mol. The maximum absolute atomic E-state index is 12.1. The van der Waals surface area contributed by atoms with E-state index in [1.807, 2.05) is 38.1 Å². The van der Waals surface area contributed by atoms with Crippen LogP contribution in [0.2, 0.25) is 0 Å². The Kier molecular flexibility index (Phi) is 6.71. The Morgan fingerprint density at radius 3 is 2.67 bits per heavy atom. The molecule has 1 aromatic rings. The fourth-order valence-electron chi connectivity index (χ4n) is 3.07. The number of hydrogen-bond donors (Lipinski definition) is 1. The van der Waals surface area contributed by atoms with E-state index in [4.69, 9.17) is 9.47 Å². The van der Waals surface area contributed by atoms with Crippen LogP contribution in [0.15, 0.2) is 24.3 Å². The van der Waals surface area contributed by atoms with E-state index in [1.165, 1.54) is 19.3 Å². The molecule has 0 radical (unpaired) electrons.